The van der Waals surface area contributed by atoms with Crippen molar-refractivity contribution in [1.29, 1.82) is 0 Å². The smallest absolute Gasteiger partial charge is 0.313 e. The SMILES string of the molecule is CC(=O)c1ccc(Br)cc1Oc1ccc(Cl)cc1[N+](=O)[O-]. The Bertz CT molecular complexity index is 733. The standard InChI is InChI=1S/C14H9BrClNO4/c1-8(18)11-4-2-9(15)6-14(11)21-13-5-3-10(16)7-12(13)17(19)20/h2-7H,1H3. The second kappa shape index (κ2) is 6.24. The van der Waals surface area contributed by atoms with E-state index in [-0.39, 0.29) is 28.0 Å². The molecule has 5 nitrogen and oxygen atoms in total. The highest BCUT2D eigenvalue weighted by Gasteiger charge is 2.18. The molecule has 0 bridgehead atoms. The van der Waals surface area contributed by atoms with Crippen molar-refractivity contribution in [3.05, 3.63) is 61.6 Å². The van der Waals surface area contributed by atoms with Gasteiger partial charge in [-0.3, -0.25) is 14.9 Å². The van der Waals surface area contributed by atoms with Crippen LogP contribution in [0.1, 0.15) is 17.3 Å². The van der Waals surface area contributed by atoms with Crippen LogP contribution in [-0.2, 0) is 0 Å². The largest absolute Gasteiger partial charge is 0.449 e. The second-order valence-electron chi connectivity index (χ2n) is 4.17. The Kier molecular flexibility index (Phi) is 4.59. The van der Waals surface area contributed by atoms with Crippen LogP contribution >= 0.6 is 27.5 Å². The van der Waals surface area contributed by atoms with Crippen LogP contribution < -0.4 is 4.74 Å². The lowest BCUT2D eigenvalue weighted by Crippen LogP contribution is -1.99. The fourth-order valence-electron chi connectivity index (χ4n) is 1.71. The van der Waals surface area contributed by atoms with Gasteiger partial charge < -0.3 is 4.74 Å². The lowest BCUT2D eigenvalue weighted by atomic mass is 10.1. The Balaban J connectivity index is 2.50. The van der Waals surface area contributed by atoms with Crippen molar-refractivity contribution in [1.82, 2.24) is 0 Å². The van der Waals surface area contributed by atoms with Gasteiger partial charge in [0.2, 0.25) is 5.75 Å². The molecule has 0 aliphatic carbocycles. The number of nitrogens with zero attached hydrogens (tertiary/aromatic N) is 1. The zero-order valence-electron chi connectivity index (χ0n) is 10.8. The minimum absolute atomic E-state index is 0.0185. The maximum absolute atomic E-state index is 11.6. The van der Waals surface area contributed by atoms with Crippen LogP contribution in [0.3, 0.4) is 0 Å². The summed E-state index contributed by atoms with van der Waals surface area (Å²) < 4.78 is 6.24. The Morgan fingerprint density at radius 1 is 1.24 bits per heavy atom. The number of ether oxygens (including phenoxy) is 1. The molecule has 0 saturated heterocycles. The number of nitro benzene ring substituents is 1. The van der Waals surface area contributed by atoms with Gasteiger partial charge in [-0.15, -0.1) is 0 Å². The highest BCUT2D eigenvalue weighted by molar-refractivity contribution is 9.10. The number of hydrogen-bond donors (Lipinski definition) is 0. The van der Waals surface area contributed by atoms with E-state index in [2.05, 4.69) is 15.9 Å². The monoisotopic (exact) mass is 369 g/mol. The van der Waals surface area contributed by atoms with Gasteiger partial charge in [0, 0.05) is 15.6 Å². The summed E-state index contributed by atoms with van der Waals surface area (Å²) in [6.45, 7) is 1.40. The molecule has 0 N–H and O–H groups in total. The topological polar surface area (TPSA) is 69.4 Å². The van der Waals surface area contributed by atoms with Gasteiger partial charge in [-0.2, -0.15) is 0 Å². The third-order valence-electron chi connectivity index (χ3n) is 2.66. The molecule has 108 valence electrons. The highest BCUT2D eigenvalue weighted by Crippen LogP contribution is 2.36. The maximum Gasteiger partial charge on any atom is 0.313 e. The van der Waals surface area contributed by atoms with Crippen LogP contribution in [0.15, 0.2) is 40.9 Å². The van der Waals surface area contributed by atoms with Crippen LogP contribution in [0.5, 0.6) is 11.5 Å². The van der Waals surface area contributed by atoms with Crippen molar-refractivity contribution >= 4 is 39.0 Å². The normalized spacial score (nSPS) is 10.2. The van der Waals surface area contributed by atoms with Crippen molar-refractivity contribution in [3.63, 3.8) is 0 Å². The molecule has 0 aliphatic rings. The van der Waals surface area contributed by atoms with Crippen molar-refractivity contribution in [2.75, 3.05) is 0 Å². The molecule has 0 fully saturated rings. The average molecular weight is 371 g/mol. The number of rotatable bonds is 4. The number of halogens is 2. The van der Waals surface area contributed by atoms with Gasteiger partial charge >= 0.3 is 5.69 Å². The first-order valence-electron chi connectivity index (χ1n) is 5.81. The van der Waals surface area contributed by atoms with Gasteiger partial charge in [-0.05, 0) is 37.3 Å². The molecule has 2 aromatic rings. The summed E-state index contributed by atoms with van der Waals surface area (Å²) in [5, 5.41) is 11.3. The third-order valence-corrected chi connectivity index (χ3v) is 3.39. The molecule has 0 unspecified atom stereocenters. The number of nitro groups is 1. The van der Waals surface area contributed by atoms with Gasteiger partial charge in [0.15, 0.2) is 5.78 Å². The van der Waals surface area contributed by atoms with E-state index >= 15 is 0 Å². The fraction of sp³-hybridized carbons (Fsp3) is 0.0714. The Morgan fingerprint density at radius 2 is 1.95 bits per heavy atom. The first-order valence-corrected chi connectivity index (χ1v) is 6.98. The Labute approximate surface area is 133 Å². The van der Waals surface area contributed by atoms with E-state index in [1.807, 2.05) is 0 Å². The zero-order valence-corrected chi connectivity index (χ0v) is 13.1. The molecular weight excluding hydrogens is 362 g/mol. The summed E-state index contributed by atoms with van der Waals surface area (Å²) in [4.78, 5) is 22.0. The first-order chi connectivity index (χ1) is 9.88. The van der Waals surface area contributed by atoms with Crippen LogP contribution in [0.2, 0.25) is 5.02 Å². The summed E-state index contributed by atoms with van der Waals surface area (Å²) in [5.41, 5.74) is 0.0689. The predicted octanol–water partition coefficient (Wildman–Crippen LogP) is 5.01. The minimum Gasteiger partial charge on any atom is -0.449 e. The number of carbonyl (C=O) groups excluding carboxylic acids is 1. The minimum atomic E-state index is -0.591. The summed E-state index contributed by atoms with van der Waals surface area (Å²) in [6, 6.07) is 8.93. The van der Waals surface area contributed by atoms with Crippen molar-refractivity contribution in [3.8, 4) is 11.5 Å². The van der Waals surface area contributed by atoms with Crippen LogP contribution in [0.4, 0.5) is 5.69 Å². The summed E-state index contributed by atoms with van der Waals surface area (Å²) in [5.74, 6) is 0.0569. The van der Waals surface area contributed by atoms with Gasteiger partial charge in [0.1, 0.15) is 5.75 Å². The number of carbonyl (C=O) groups is 1. The van der Waals surface area contributed by atoms with Crippen LogP contribution in [0.25, 0.3) is 0 Å². The molecule has 0 atom stereocenters. The number of hydrogen-bond acceptors (Lipinski definition) is 4. The number of benzene rings is 2. The number of Topliss-reactive ketones (excluding diaryl/α,β-unsaturated/α-hetero) is 1. The number of ketones is 1. The molecule has 0 saturated carbocycles. The van der Waals surface area contributed by atoms with E-state index in [1.54, 1.807) is 18.2 Å². The summed E-state index contributed by atoms with van der Waals surface area (Å²) in [7, 11) is 0. The van der Waals surface area contributed by atoms with E-state index in [9.17, 15) is 14.9 Å². The van der Waals surface area contributed by atoms with E-state index < -0.39 is 4.92 Å². The average Bonchev–Trinajstić information content (AvgIpc) is 2.40. The van der Waals surface area contributed by atoms with E-state index in [4.69, 9.17) is 16.3 Å². The van der Waals surface area contributed by atoms with Gasteiger partial charge in [0.05, 0.1) is 10.5 Å². The van der Waals surface area contributed by atoms with Gasteiger partial charge in [0.25, 0.3) is 0 Å². The molecular formula is C14H9BrClNO4. The maximum atomic E-state index is 11.6. The zero-order chi connectivity index (χ0) is 15.6. The molecule has 7 heteroatoms. The van der Waals surface area contributed by atoms with Gasteiger partial charge in [-0.25, -0.2) is 0 Å². The predicted molar refractivity (Wildman–Crippen MR) is 82.3 cm³/mol. The summed E-state index contributed by atoms with van der Waals surface area (Å²) in [6.07, 6.45) is 0. The molecule has 0 radical (unpaired) electrons. The summed E-state index contributed by atoms with van der Waals surface area (Å²) >= 11 is 9.02. The Morgan fingerprint density at radius 3 is 2.57 bits per heavy atom. The molecule has 0 aliphatic heterocycles. The third kappa shape index (κ3) is 3.59. The quantitative estimate of drug-likeness (QED) is 0.431. The molecule has 2 rings (SSSR count). The van der Waals surface area contributed by atoms with Crippen molar-refractivity contribution < 1.29 is 14.5 Å². The molecule has 0 spiro atoms. The second-order valence-corrected chi connectivity index (χ2v) is 5.52. The van der Waals surface area contributed by atoms with Crippen molar-refractivity contribution in [2.45, 2.75) is 6.92 Å². The molecule has 2 aromatic carbocycles. The highest BCUT2D eigenvalue weighted by atomic mass is 79.9. The van der Waals surface area contributed by atoms with Crippen molar-refractivity contribution in [2.24, 2.45) is 0 Å². The molecule has 0 aromatic heterocycles. The van der Waals surface area contributed by atoms with E-state index in [1.165, 1.54) is 25.1 Å². The van der Waals surface area contributed by atoms with E-state index in [0.717, 1.165) is 0 Å². The lowest BCUT2D eigenvalue weighted by molar-refractivity contribution is -0.385. The van der Waals surface area contributed by atoms with E-state index in [0.29, 0.717) is 10.0 Å². The first kappa shape index (κ1) is 15.5. The Hall–Kier alpha value is -1.92. The van der Waals surface area contributed by atoms with Crippen LogP contribution in [-0.4, -0.2) is 10.7 Å². The fourth-order valence-corrected chi connectivity index (χ4v) is 2.22. The molecule has 0 amide bonds. The van der Waals surface area contributed by atoms with Gasteiger partial charge in [-0.1, -0.05) is 27.5 Å². The van der Waals surface area contributed by atoms with Crippen LogP contribution in [0, 0.1) is 10.1 Å². The lowest BCUT2D eigenvalue weighted by Gasteiger charge is -2.10. The molecule has 21 heavy (non-hydrogen) atoms. The molecule has 0 heterocycles.